The van der Waals surface area contributed by atoms with Gasteiger partial charge in [0.2, 0.25) is 0 Å². The standard InChI is InChI=1S/C26H43BN2O5Si/c1-18(2)22-23(19-12-13-20(30-7)21(16-19)31-8)29(17-32-14-15-35(9,10)11)28-24(22)27-33-25(3,4)26(5,6)34-27/h12-13,16,18H,14-15,17H2,1-11H3. The van der Waals surface area contributed by atoms with Gasteiger partial charge >= 0.3 is 7.12 Å². The van der Waals surface area contributed by atoms with Gasteiger partial charge in [-0.15, -0.1) is 0 Å². The summed E-state index contributed by atoms with van der Waals surface area (Å²) >= 11 is 0. The average molecular weight is 503 g/mol. The fraction of sp³-hybridized carbons (Fsp3) is 0.654. The maximum absolute atomic E-state index is 6.42. The van der Waals surface area contributed by atoms with Crippen molar-refractivity contribution in [3.05, 3.63) is 23.8 Å². The second-order valence-electron chi connectivity index (χ2n) is 11.8. The van der Waals surface area contributed by atoms with Crippen molar-refractivity contribution >= 4 is 20.8 Å². The highest BCUT2D eigenvalue weighted by Gasteiger charge is 2.53. The van der Waals surface area contributed by atoms with Crippen LogP contribution >= 0.6 is 0 Å². The lowest BCUT2D eigenvalue weighted by Gasteiger charge is -2.32. The molecule has 0 unspecified atom stereocenters. The molecular weight excluding hydrogens is 459 g/mol. The van der Waals surface area contributed by atoms with Crippen LogP contribution in [0.3, 0.4) is 0 Å². The summed E-state index contributed by atoms with van der Waals surface area (Å²) in [5, 5.41) is 5.03. The lowest BCUT2D eigenvalue weighted by atomic mass is 9.78. The quantitative estimate of drug-likeness (QED) is 0.325. The van der Waals surface area contributed by atoms with Gasteiger partial charge in [-0.25, -0.2) is 4.68 Å². The van der Waals surface area contributed by atoms with E-state index < -0.39 is 26.4 Å². The number of aromatic nitrogens is 2. The maximum Gasteiger partial charge on any atom is 0.516 e. The number of rotatable bonds is 10. The second-order valence-corrected chi connectivity index (χ2v) is 17.4. The third-order valence-corrected chi connectivity index (χ3v) is 8.64. The molecule has 0 aliphatic carbocycles. The van der Waals surface area contributed by atoms with Gasteiger partial charge in [0.1, 0.15) is 6.73 Å². The van der Waals surface area contributed by atoms with E-state index in [-0.39, 0.29) is 5.92 Å². The number of hydrogen-bond acceptors (Lipinski definition) is 6. The van der Waals surface area contributed by atoms with Crippen molar-refractivity contribution in [3.8, 4) is 22.8 Å². The zero-order chi connectivity index (χ0) is 26.2. The van der Waals surface area contributed by atoms with E-state index in [2.05, 4.69) is 61.2 Å². The SMILES string of the molecule is COc1ccc(-c2c(C(C)C)c(B3OC(C)(C)C(C)(C)O3)nn2COCC[Si](C)(C)C)cc1OC. The normalized spacial score (nSPS) is 17.3. The molecule has 2 aromatic rings. The van der Waals surface area contributed by atoms with Crippen molar-refractivity contribution in [3.63, 3.8) is 0 Å². The van der Waals surface area contributed by atoms with Crippen LogP contribution in [0.2, 0.25) is 25.7 Å². The fourth-order valence-corrected chi connectivity index (χ4v) is 4.86. The number of benzene rings is 1. The molecule has 194 valence electrons. The van der Waals surface area contributed by atoms with E-state index in [1.165, 1.54) is 0 Å². The first kappa shape index (κ1) is 27.8. The van der Waals surface area contributed by atoms with Gasteiger partial charge in [0.25, 0.3) is 0 Å². The molecule has 1 fully saturated rings. The maximum atomic E-state index is 6.42. The highest BCUT2D eigenvalue weighted by atomic mass is 28.3. The molecular formula is C26H43BN2O5Si. The van der Waals surface area contributed by atoms with Crippen LogP contribution in [0.1, 0.15) is 53.0 Å². The van der Waals surface area contributed by atoms with Gasteiger partial charge < -0.3 is 23.5 Å². The van der Waals surface area contributed by atoms with Crippen molar-refractivity contribution in [2.24, 2.45) is 0 Å². The Kier molecular flexibility index (Phi) is 8.16. The fourth-order valence-electron chi connectivity index (χ4n) is 4.10. The summed E-state index contributed by atoms with van der Waals surface area (Å²) in [5.41, 5.74) is 2.95. The first-order valence-electron chi connectivity index (χ1n) is 12.5. The lowest BCUT2D eigenvalue weighted by Crippen LogP contribution is -2.41. The Balaban J connectivity index is 2.10. The van der Waals surface area contributed by atoms with Gasteiger partial charge in [0, 0.05) is 25.8 Å². The molecule has 0 radical (unpaired) electrons. The van der Waals surface area contributed by atoms with Crippen molar-refractivity contribution < 1.29 is 23.5 Å². The average Bonchev–Trinajstić information content (AvgIpc) is 3.24. The van der Waals surface area contributed by atoms with E-state index in [9.17, 15) is 0 Å². The first-order valence-corrected chi connectivity index (χ1v) is 16.2. The third-order valence-electron chi connectivity index (χ3n) is 6.94. The summed E-state index contributed by atoms with van der Waals surface area (Å²) in [7, 11) is 1.54. The van der Waals surface area contributed by atoms with Crippen molar-refractivity contribution in [1.29, 1.82) is 0 Å². The summed E-state index contributed by atoms with van der Waals surface area (Å²) in [4.78, 5) is 0. The van der Waals surface area contributed by atoms with Crippen LogP contribution in [0.5, 0.6) is 11.5 Å². The molecule has 1 saturated heterocycles. The van der Waals surface area contributed by atoms with Gasteiger partial charge in [-0.05, 0) is 57.9 Å². The minimum atomic E-state index is -1.20. The van der Waals surface area contributed by atoms with E-state index in [4.69, 9.17) is 28.6 Å². The predicted molar refractivity (Wildman–Crippen MR) is 145 cm³/mol. The summed E-state index contributed by atoms with van der Waals surface area (Å²) in [6.07, 6.45) is 0. The van der Waals surface area contributed by atoms with Crippen LogP contribution in [-0.4, -0.2) is 57.0 Å². The molecule has 1 aliphatic heterocycles. The van der Waals surface area contributed by atoms with Gasteiger partial charge in [0.05, 0.1) is 36.7 Å². The Morgan fingerprint density at radius 1 is 1.00 bits per heavy atom. The zero-order valence-electron chi connectivity index (χ0n) is 23.4. The van der Waals surface area contributed by atoms with E-state index in [0.29, 0.717) is 24.8 Å². The lowest BCUT2D eigenvalue weighted by molar-refractivity contribution is 0.00578. The van der Waals surface area contributed by atoms with Crippen LogP contribution in [0, 0.1) is 0 Å². The summed E-state index contributed by atoms with van der Waals surface area (Å²) in [6, 6.07) is 7.06. The Morgan fingerprint density at radius 3 is 2.11 bits per heavy atom. The highest BCUT2D eigenvalue weighted by Crippen LogP contribution is 2.39. The number of ether oxygens (including phenoxy) is 3. The van der Waals surface area contributed by atoms with Gasteiger partial charge in [-0.2, -0.15) is 5.10 Å². The number of methoxy groups -OCH3 is 2. The Bertz CT molecular complexity index is 1010. The monoisotopic (exact) mass is 502 g/mol. The smallest absolute Gasteiger partial charge is 0.493 e. The van der Waals surface area contributed by atoms with Gasteiger partial charge in [-0.1, -0.05) is 33.5 Å². The van der Waals surface area contributed by atoms with E-state index >= 15 is 0 Å². The number of hydrogen-bond donors (Lipinski definition) is 0. The molecule has 2 heterocycles. The minimum absolute atomic E-state index is 0.183. The largest absolute Gasteiger partial charge is 0.516 e. The number of nitrogens with zero attached hydrogens (tertiary/aromatic N) is 2. The molecule has 0 amide bonds. The molecule has 0 saturated carbocycles. The molecule has 0 spiro atoms. The highest BCUT2D eigenvalue weighted by molar-refractivity contribution is 6.76. The molecule has 0 bridgehead atoms. The van der Waals surface area contributed by atoms with Crippen LogP contribution in [-0.2, 0) is 20.8 Å². The molecule has 1 aromatic carbocycles. The summed E-state index contributed by atoms with van der Waals surface area (Å²) < 4.78 is 32.0. The molecule has 7 nitrogen and oxygen atoms in total. The van der Waals surface area contributed by atoms with Gasteiger partial charge in [0.15, 0.2) is 11.5 Å². The molecule has 9 heteroatoms. The summed E-state index contributed by atoms with van der Waals surface area (Å²) in [5.74, 6) is 1.54. The van der Waals surface area contributed by atoms with E-state index in [1.54, 1.807) is 14.2 Å². The Hall–Kier alpha value is -1.81. The Morgan fingerprint density at radius 2 is 1.60 bits per heavy atom. The molecule has 0 atom stereocenters. The molecule has 1 aromatic heterocycles. The molecule has 35 heavy (non-hydrogen) atoms. The molecule has 3 rings (SSSR count). The van der Waals surface area contributed by atoms with E-state index in [1.807, 2.05) is 22.9 Å². The van der Waals surface area contributed by atoms with Crippen LogP contribution in [0.15, 0.2) is 18.2 Å². The third kappa shape index (κ3) is 5.96. The van der Waals surface area contributed by atoms with Crippen molar-refractivity contribution in [2.45, 2.75) is 91.1 Å². The van der Waals surface area contributed by atoms with Crippen LogP contribution in [0.4, 0.5) is 0 Å². The minimum Gasteiger partial charge on any atom is -0.493 e. The molecule has 0 N–H and O–H groups in total. The topological polar surface area (TPSA) is 64.0 Å². The zero-order valence-corrected chi connectivity index (χ0v) is 24.4. The molecule has 1 aliphatic rings. The van der Waals surface area contributed by atoms with Gasteiger partial charge in [-0.3, -0.25) is 0 Å². The van der Waals surface area contributed by atoms with E-state index in [0.717, 1.165) is 28.5 Å². The van der Waals surface area contributed by atoms with Crippen molar-refractivity contribution in [2.75, 3.05) is 20.8 Å². The predicted octanol–water partition coefficient (Wildman–Crippen LogP) is 5.30. The van der Waals surface area contributed by atoms with Crippen molar-refractivity contribution in [1.82, 2.24) is 9.78 Å². The second kappa shape index (κ2) is 10.3. The summed E-state index contributed by atoms with van der Waals surface area (Å²) in [6.45, 7) is 20.7. The van der Waals surface area contributed by atoms with Crippen LogP contribution in [0.25, 0.3) is 11.3 Å². The Labute approximate surface area is 212 Å². The first-order chi connectivity index (χ1) is 16.2. The van der Waals surface area contributed by atoms with Crippen LogP contribution < -0.4 is 15.1 Å².